The molecule has 0 saturated carbocycles. The van der Waals surface area contributed by atoms with Crippen LogP contribution in [0.15, 0.2) is 18.5 Å². The van der Waals surface area contributed by atoms with E-state index in [2.05, 4.69) is 25.3 Å². The van der Waals surface area contributed by atoms with Gasteiger partial charge in [-0.05, 0) is 43.5 Å². The third kappa shape index (κ3) is 3.57. The lowest BCUT2D eigenvalue weighted by Crippen LogP contribution is -2.17. The van der Waals surface area contributed by atoms with Crippen LogP contribution in [0, 0.1) is 6.92 Å². The predicted octanol–water partition coefficient (Wildman–Crippen LogP) is 2.94. The molecule has 3 rings (SSSR count). The van der Waals surface area contributed by atoms with Crippen molar-refractivity contribution in [2.45, 2.75) is 32.9 Å². The van der Waals surface area contributed by atoms with Crippen LogP contribution in [0.1, 0.15) is 23.2 Å². The highest BCUT2D eigenvalue weighted by Crippen LogP contribution is 2.35. The lowest BCUT2D eigenvalue weighted by atomic mass is 10.1. The van der Waals surface area contributed by atoms with Crippen molar-refractivity contribution in [3.05, 3.63) is 40.0 Å². The summed E-state index contributed by atoms with van der Waals surface area (Å²) in [6.07, 6.45) is 4.23. The molecule has 0 fully saturated rings. The molecule has 0 aliphatic heterocycles. The molecule has 3 aromatic rings. The number of halogens is 1. The summed E-state index contributed by atoms with van der Waals surface area (Å²) >= 11 is 7.73. The minimum Gasteiger partial charge on any atom is -0.361 e. The average molecular weight is 349 g/mol. The van der Waals surface area contributed by atoms with Gasteiger partial charge in [0.25, 0.3) is 0 Å². The van der Waals surface area contributed by atoms with Crippen LogP contribution in [-0.4, -0.2) is 26.0 Å². The average Bonchev–Trinajstić information content (AvgIpc) is 2.82. The summed E-state index contributed by atoms with van der Waals surface area (Å²) in [5, 5.41) is 3.48. The summed E-state index contributed by atoms with van der Waals surface area (Å²) in [5.41, 5.74) is 7.92. The Balaban J connectivity index is 1.96. The van der Waals surface area contributed by atoms with Crippen molar-refractivity contribution in [3.8, 4) is 0 Å². The topological polar surface area (TPSA) is 89.6 Å². The first kappa shape index (κ1) is 16.0. The van der Waals surface area contributed by atoms with Crippen LogP contribution < -0.4 is 11.1 Å². The SMILES string of the molecule is Cc1c(CC(C)N)sc2c(NCc3ncccn3)nc(Cl)nc12. The third-order valence-corrected chi connectivity index (χ3v) is 4.86. The molecular formula is C15H17ClN6S. The predicted molar refractivity (Wildman–Crippen MR) is 93.9 cm³/mol. The van der Waals surface area contributed by atoms with Crippen molar-refractivity contribution in [1.29, 1.82) is 0 Å². The molecule has 0 radical (unpaired) electrons. The van der Waals surface area contributed by atoms with Crippen molar-refractivity contribution in [3.63, 3.8) is 0 Å². The van der Waals surface area contributed by atoms with Gasteiger partial charge in [-0.3, -0.25) is 0 Å². The molecule has 0 amide bonds. The van der Waals surface area contributed by atoms with Crippen LogP contribution in [0.4, 0.5) is 5.82 Å². The molecular weight excluding hydrogens is 332 g/mol. The maximum absolute atomic E-state index is 6.08. The van der Waals surface area contributed by atoms with Crippen LogP contribution in [-0.2, 0) is 13.0 Å². The van der Waals surface area contributed by atoms with Gasteiger partial charge in [0.1, 0.15) is 11.6 Å². The fraction of sp³-hybridized carbons (Fsp3) is 0.333. The van der Waals surface area contributed by atoms with Gasteiger partial charge in [0, 0.05) is 23.3 Å². The van der Waals surface area contributed by atoms with Crippen molar-refractivity contribution >= 4 is 39.0 Å². The van der Waals surface area contributed by atoms with Gasteiger partial charge in [-0.2, -0.15) is 4.98 Å². The Kier molecular flexibility index (Phi) is 4.70. The minimum atomic E-state index is 0.0966. The lowest BCUT2D eigenvalue weighted by Gasteiger charge is -2.05. The Morgan fingerprint density at radius 1 is 1.30 bits per heavy atom. The second-order valence-corrected chi connectivity index (χ2v) is 6.81. The molecule has 0 bridgehead atoms. The van der Waals surface area contributed by atoms with Crippen LogP contribution in [0.25, 0.3) is 10.2 Å². The molecule has 0 aliphatic rings. The van der Waals surface area contributed by atoms with E-state index in [0.29, 0.717) is 18.2 Å². The van der Waals surface area contributed by atoms with E-state index >= 15 is 0 Å². The van der Waals surface area contributed by atoms with Crippen LogP contribution in [0.3, 0.4) is 0 Å². The zero-order chi connectivity index (χ0) is 16.4. The highest BCUT2D eigenvalue weighted by Gasteiger charge is 2.16. The van der Waals surface area contributed by atoms with E-state index < -0.39 is 0 Å². The summed E-state index contributed by atoms with van der Waals surface area (Å²) < 4.78 is 0.985. The van der Waals surface area contributed by atoms with E-state index in [1.165, 1.54) is 4.88 Å². The van der Waals surface area contributed by atoms with E-state index in [4.69, 9.17) is 17.3 Å². The molecule has 120 valence electrons. The standard InChI is InChI=1S/C15H17ClN6S/c1-8(17)6-10-9(2)12-13(23-10)14(22-15(16)21-12)20-7-11-18-4-3-5-19-11/h3-5,8H,6-7,17H2,1-2H3,(H,20,21,22). The maximum Gasteiger partial charge on any atom is 0.224 e. The first-order valence-electron chi connectivity index (χ1n) is 7.25. The van der Waals surface area contributed by atoms with Gasteiger partial charge in [-0.1, -0.05) is 0 Å². The van der Waals surface area contributed by atoms with E-state index in [9.17, 15) is 0 Å². The van der Waals surface area contributed by atoms with Gasteiger partial charge < -0.3 is 11.1 Å². The first-order valence-corrected chi connectivity index (χ1v) is 8.45. The van der Waals surface area contributed by atoms with Gasteiger partial charge in [0.2, 0.25) is 5.28 Å². The van der Waals surface area contributed by atoms with Gasteiger partial charge in [-0.15, -0.1) is 11.3 Å². The number of fused-ring (bicyclic) bond motifs is 1. The normalized spacial score (nSPS) is 12.5. The first-order chi connectivity index (χ1) is 11.0. The van der Waals surface area contributed by atoms with E-state index in [-0.39, 0.29) is 11.3 Å². The van der Waals surface area contributed by atoms with Crippen LogP contribution >= 0.6 is 22.9 Å². The van der Waals surface area contributed by atoms with Crippen molar-refractivity contribution < 1.29 is 0 Å². The van der Waals surface area contributed by atoms with E-state index in [1.54, 1.807) is 29.8 Å². The largest absolute Gasteiger partial charge is 0.361 e. The molecule has 3 aromatic heterocycles. The number of nitrogens with two attached hydrogens (primary N) is 1. The molecule has 1 unspecified atom stereocenters. The lowest BCUT2D eigenvalue weighted by molar-refractivity contribution is 0.744. The zero-order valence-corrected chi connectivity index (χ0v) is 14.4. The quantitative estimate of drug-likeness (QED) is 0.689. The highest BCUT2D eigenvalue weighted by atomic mass is 35.5. The summed E-state index contributed by atoms with van der Waals surface area (Å²) in [5.74, 6) is 1.40. The summed E-state index contributed by atoms with van der Waals surface area (Å²) in [7, 11) is 0. The summed E-state index contributed by atoms with van der Waals surface area (Å²) in [4.78, 5) is 18.3. The smallest absolute Gasteiger partial charge is 0.224 e. The van der Waals surface area contributed by atoms with Gasteiger partial charge in [0.05, 0.1) is 16.8 Å². The Hall–Kier alpha value is -1.83. The number of nitrogens with zero attached hydrogens (tertiary/aromatic N) is 4. The number of aryl methyl sites for hydroxylation is 1. The zero-order valence-electron chi connectivity index (χ0n) is 12.9. The second-order valence-electron chi connectivity index (χ2n) is 5.37. The molecule has 23 heavy (non-hydrogen) atoms. The maximum atomic E-state index is 6.08. The fourth-order valence-electron chi connectivity index (χ4n) is 2.30. The van der Waals surface area contributed by atoms with Gasteiger partial charge in [-0.25, -0.2) is 15.0 Å². The molecule has 0 saturated heterocycles. The number of rotatable bonds is 5. The third-order valence-electron chi connectivity index (χ3n) is 3.38. The summed E-state index contributed by atoms with van der Waals surface area (Å²) in [6, 6.07) is 1.88. The van der Waals surface area contributed by atoms with Crippen molar-refractivity contribution in [2.24, 2.45) is 5.73 Å². The fourth-order valence-corrected chi connectivity index (χ4v) is 3.82. The van der Waals surface area contributed by atoms with Gasteiger partial charge in [0.15, 0.2) is 0 Å². The molecule has 0 spiro atoms. The Morgan fingerprint density at radius 3 is 2.74 bits per heavy atom. The molecule has 8 heteroatoms. The molecule has 6 nitrogen and oxygen atoms in total. The van der Waals surface area contributed by atoms with Gasteiger partial charge >= 0.3 is 0 Å². The van der Waals surface area contributed by atoms with E-state index in [1.807, 2.05) is 13.8 Å². The Morgan fingerprint density at radius 2 is 2.04 bits per heavy atom. The van der Waals surface area contributed by atoms with Crippen LogP contribution in [0.5, 0.6) is 0 Å². The number of anilines is 1. The van der Waals surface area contributed by atoms with E-state index in [0.717, 1.165) is 22.2 Å². The Labute approximate surface area is 143 Å². The molecule has 0 aromatic carbocycles. The molecule has 0 aliphatic carbocycles. The number of thiophene rings is 1. The van der Waals surface area contributed by atoms with Crippen molar-refractivity contribution in [2.75, 3.05) is 5.32 Å². The molecule has 1 atom stereocenters. The molecule has 3 N–H and O–H groups in total. The second kappa shape index (κ2) is 6.74. The van der Waals surface area contributed by atoms with Crippen LogP contribution in [0.2, 0.25) is 5.28 Å². The minimum absolute atomic E-state index is 0.0966. The van der Waals surface area contributed by atoms with Crippen molar-refractivity contribution in [1.82, 2.24) is 19.9 Å². The monoisotopic (exact) mass is 348 g/mol. The Bertz CT molecular complexity index is 818. The number of aromatic nitrogens is 4. The number of hydrogen-bond donors (Lipinski definition) is 2. The highest BCUT2D eigenvalue weighted by molar-refractivity contribution is 7.19. The summed E-state index contributed by atoms with van der Waals surface area (Å²) in [6.45, 7) is 4.52. The number of nitrogens with one attached hydrogen (secondary N) is 1. The molecule has 3 heterocycles. The number of hydrogen-bond acceptors (Lipinski definition) is 7.